The second-order valence-electron chi connectivity index (χ2n) is 0.402. The van der Waals surface area contributed by atoms with Crippen LogP contribution >= 0.6 is 30.7 Å². The van der Waals surface area contributed by atoms with Gasteiger partial charge in [0.15, 0.2) is 0 Å². The van der Waals surface area contributed by atoms with E-state index in [2.05, 4.69) is 30.7 Å². The van der Waals surface area contributed by atoms with E-state index in [0.717, 1.165) is 4.35 Å². The molecule has 0 saturated carbocycles. The van der Waals surface area contributed by atoms with E-state index in [0.29, 0.717) is 0 Å². The van der Waals surface area contributed by atoms with Crippen LogP contribution in [0.5, 0.6) is 0 Å². The lowest BCUT2D eigenvalue weighted by atomic mass is 11.9. The van der Waals surface area contributed by atoms with Crippen molar-refractivity contribution in [2.75, 3.05) is 0 Å². The molecule has 0 aliphatic heterocycles. The minimum atomic E-state index is 0.833. The molecular weight excluding hydrogens is 106 g/mol. The van der Waals surface area contributed by atoms with Gasteiger partial charge < -0.3 is 0 Å². The first kappa shape index (κ1) is 4.95. The fourth-order valence-corrected chi connectivity index (χ4v) is 0. The number of rotatable bonds is 0. The van der Waals surface area contributed by atoms with Gasteiger partial charge in [0.25, 0.3) is 0 Å². The SMILES string of the molecule is PC(P)=S. The Balaban J connectivity index is 2.80. The fourth-order valence-electron chi connectivity index (χ4n) is 0. The Bertz CT molecular complexity index is 29.0. The van der Waals surface area contributed by atoms with Crippen molar-refractivity contribution in [2.24, 2.45) is 0 Å². The number of hydrogen-bond acceptors (Lipinski definition) is 1. The molecule has 2 unspecified atom stereocenters. The van der Waals surface area contributed by atoms with Crippen LogP contribution < -0.4 is 0 Å². The highest BCUT2D eigenvalue weighted by Crippen LogP contribution is 1.95. The van der Waals surface area contributed by atoms with Crippen molar-refractivity contribution >= 4 is 35.0 Å². The highest BCUT2D eigenvalue weighted by Gasteiger charge is 1.55. The Morgan fingerprint density at radius 1 is 1.50 bits per heavy atom. The first-order valence-corrected chi connectivity index (χ1v) is 2.34. The van der Waals surface area contributed by atoms with Gasteiger partial charge in [-0.3, -0.25) is 0 Å². The van der Waals surface area contributed by atoms with Gasteiger partial charge in [-0.1, -0.05) is 30.7 Å². The van der Waals surface area contributed by atoms with Crippen molar-refractivity contribution in [3.05, 3.63) is 0 Å². The van der Waals surface area contributed by atoms with Gasteiger partial charge in [-0.15, -0.1) is 0 Å². The van der Waals surface area contributed by atoms with E-state index in [1.807, 2.05) is 0 Å². The maximum Gasteiger partial charge on any atom is 0.0268 e. The molecule has 0 rings (SSSR count). The summed E-state index contributed by atoms with van der Waals surface area (Å²) in [5.41, 5.74) is 0. The zero-order chi connectivity index (χ0) is 3.58. The molecule has 0 bridgehead atoms. The molecule has 0 spiro atoms. The molecule has 3 heteroatoms. The molecule has 0 aliphatic rings. The molecule has 0 heterocycles. The first-order chi connectivity index (χ1) is 1.73. The molecule has 0 aromatic heterocycles. The average Bonchev–Trinajstić information content (AvgIpc) is 0.811. The van der Waals surface area contributed by atoms with Gasteiger partial charge in [-0.2, -0.15) is 0 Å². The molecule has 4 heavy (non-hydrogen) atoms. The predicted octanol–water partition coefficient (Wildman–Crippen LogP) is 1.02. The zero-order valence-corrected chi connectivity index (χ0v) is 5.19. The van der Waals surface area contributed by atoms with Crippen molar-refractivity contribution in [1.82, 2.24) is 0 Å². The first-order valence-electron chi connectivity index (χ1n) is 0.781. The third kappa shape index (κ3) is 12.4. The molecule has 0 aromatic rings. The van der Waals surface area contributed by atoms with Crippen LogP contribution in [-0.2, 0) is 0 Å². The van der Waals surface area contributed by atoms with Crippen molar-refractivity contribution in [2.45, 2.75) is 0 Å². The lowest BCUT2D eigenvalue weighted by Crippen LogP contribution is -1.40. The molecule has 0 radical (unpaired) electrons. The molecule has 0 fully saturated rings. The van der Waals surface area contributed by atoms with Gasteiger partial charge in [0.1, 0.15) is 0 Å². The molecule has 0 aliphatic carbocycles. The van der Waals surface area contributed by atoms with Crippen LogP contribution in [0.25, 0.3) is 0 Å². The predicted molar refractivity (Wildman–Crippen MR) is 32.0 cm³/mol. The largest absolute Gasteiger partial charge is 0.0938 e. The van der Waals surface area contributed by atoms with Gasteiger partial charge in [0.2, 0.25) is 0 Å². The smallest absolute Gasteiger partial charge is 0.0268 e. The Morgan fingerprint density at radius 3 is 1.50 bits per heavy atom. The average molecular weight is 110 g/mol. The summed E-state index contributed by atoms with van der Waals surface area (Å²) < 4.78 is 0.833. The summed E-state index contributed by atoms with van der Waals surface area (Å²) in [6, 6.07) is 0. The summed E-state index contributed by atoms with van der Waals surface area (Å²) >= 11 is 4.46. The van der Waals surface area contributed by atoms with Crippen molar-refractivity contribution in [1.29, 1.82) is 0 Å². The van der Waals surface area contributed by atoms with Gasteiger partial charge >= 0.3 is 0 Å². The molecule has 0 nitrogen and oxygen atoms in total. The second kappa shape index (κ2) is 2.20. The minimum Gasteiger partial charge on any atom is -0.0938 e. The standard InChI is InChI=1S/CH4P2S/c2-1(3)4/h2-3H2. The molecule has 0 aromatic carbocycles. The van der Waals surface area contributed by atoms with Crippen molar-refractivity contribution in [3.63, 3.8) is 0 Å². The summed E-state index contributed by atoms with van der Waals surface area (Å²) in [4.78, 5) is 0. The van der Waals surface area contributed by atoms with E-state index in [1.165, 1.54) is 0 Å². The van der Waals surface area contributed by atoms with E-state index in [1.54, 1.807) is 0 Å². The summed E-state index contributed by atoms with van der Waals surface area (Å²) in [7, 11) is 4.70. The van der Waals surface area contributed by atoms with Crippen LogP contribution in [0.3, 0.4) is 0 Å². The monoisotopic (exact) mass is 110 g/mol. The highest BCUT2D eigenvalue weighted by atomic mass is 32.1. The van der Waals surface area contributed by atoms with Crippen LogP contribution in [0, 0.1) is 0 Å². The topological polar surface area (TPSA) is 0 Å². The van der Waals surface area contributed by atoms with Gasteiger partial charge in [0.05, 0.1) is 0 Å². The van der Waals surface area contributed by atoms with Crippen LogP contribution in [0.15, 0.2) is 0 Å². The van der Waals surface area contributed by atoms with Gasteiger partial charge in [0, 0.05) is 4.35 Å². The van der Waals surface area contributed by atoms with Crippen molar-refractivity contribution in [3.8, 4) is 0 Å². The highest BCUT2D eigenvalue weighted by molar-refractivity contribution is 8.02. The van der Waals surface area contributed by atoms with E-state index < -0.39 is 0 Å². The van der Waals surface area contributed by atoms with E-state index in [9.17, 15) is 0 Å². The van der Waals surface area contributed by atoms with Crippen LogP contribution in [0.4, 0.5) is 0 Å². The maximum atomic E-state index is 4.46. The van der Waals surface area contributed by atoms with E-state index in [-0.39, 0.29) is 0 Å². The molecule has 24 valence electrons. The molecule has 2 atom stereocenters. The molecule has 0 amide bonds. The zero-order valence-electron chi connectivity index (χ0n) is 2.06. The van der Waals surface area contributed by atoms with Gasteiger partial charge in [-0.25, -0.2) is 0 Å². The lowest BCUT2D eigenvalue weighted by molar-refractivity contribution is 4.14. The van der Waals surface area contributed by atoms with Crippen LogP contribution in [-0.4, -0.2) is 4.35 Å². The minimum absolute atomic E-state index is 0.833. The maximum absolute atomic E-state index is 4.46. The van der Waals surface area contributed by atoms with Crippen molar-refractivity contribution < 1.29 is 0 Å². The van der Waals surface area contributed by atoms with E-state index in [4.69, 9.17) is 0 Å². The Morgan fingerprint density at radius 2 is 1.50 bits per heavy atom. The summed E-state index contributed by atoms with van der Waals surface area (Å²) in [5, 5.41) is 0. The number of hydrogen-bond donors (Lipinski definition) is 0. The third-order valence-electron chi connectivity index (χ3n) is 0. The summed E-state index contributed by atoms with van der Waals surface area (Å²) in [6.07, 6.45) is 0. The van der Waals surface area contributed by atoms with E-state index >= 15 is 0 Å². The Labute approximate surface area is 35.8 Å². The third-order valence-corrected chi connectivity index (χ3v) is 0. The van der Waals surface area contributed by atoms with Crippen LogP contribution in [0.1, 0.15) is 0 Å². The molecular formula is CH4P2S. The normalized spacial score (nSPS) is 6.50. The van der Waals surface area contributed by atoms with Crippen LogP contribution in [0.2, 0.25) is 0 Å². The molecule has 0 N–H and O–H groups in total. The molecule has 0 saturated heterocycles. The summed E-state index contributed by atoms with van der Waals surface area (Å²) in [6.45, 7) is 0. The Kier molecular flexibility index (Phi) is 2.73. The summed E-state index contributed by atoms with van der Waals surface area (Å²) in [5.74, 6) is 0. The second-order valence-corrected chi connectivity index (χ2v) is 3.62. The fraction of sp³-hybridized carbons (Fsp3) is 0. The Hall–Kier alpha value is 0.950. The quantitative estimate of drug-likeness (QED) is 0.331. The lowest BCUT2D eigenvalue weighted by Gasteiger charge is -1.61. The number of thiocarbonyl (C=S) groups is 1. The van der Waals surface area contributed by atoms with Gasteiger partial charge in [-0.05, 0) is 0 Å².